The Bertz CT molecular complexity index is 2740. The zero-order valence-corrected chi connectivity index (χ0v) is 35.0. The van der Waals surface area contributed by atoms with Gasteiger partial charge >= 0.3 is 12.4 Å². The van der Waals surface area contributed by atoms with Crippen LogP contribution in [0.15, 0.2) is 79.4 Å². The summed E-state index contributed by atoms with van der Waals surface area (Å²) in [5.74, 6) is -0.891. The van der Waals surface area contributed by atoms with Gasteiger partial charge in [0.2, 0.25) is 0 Å². The van der Waals surface area contributed by atoms with E-state index in [0.717, 1.165) is 39.2 Å². The van der Waals surface area contributed by atoms with Crippen LogP contribution in [0, 0.1) is 13.8 Å². The van der Waals surface area contributed by atoms with Gasteiger partial charge in [0.1, 0.15) is 46.8 Å². The molecule has 63 heavy (non-hydrogen) atoms. The van der Waals surface area contributed by atoms with Gasteiger partial charge in [0.05, 0.1) is 86.1 Å². The van der Waals surface area contributed by atoms with Gasteiger partial charge in [0.25, 0.3) is 0 Å². The molecular weight excluding hydrogens is 837 g/mol. The zero-order chi connectivity index (χ0) is 45.8. The molecule has 0 aliphatic rings. The largest absolute Gasteiger partial charge is 0.496 e. The topological polar surface area (TPSA) is 151 Å². The van der Waals surface area contributed by atoms with Gasteiger partial charge in [-0.05, 0) is 55.8 Å². The molecule has 19 heteroatoms. The van der Waals surface area contributed by atoms with Crippen molar-refractivity contribution in [3.8, 4) is 40.1 Å². The minimum Gasteiger partial charge on any atom is -0.496 e. The van der Waals surface area contributed by atoms with Crippen LogP contribution in [0.4, 0.5) is 26.3 Å². The number of benzene rings is 4. The first-order valence-corrected chi connectivity index (χ1v) is 19.3. The molecule has 0 atom stereocenters. The van der Waals surface area contributed by atoms with Crippen LogP contribution >= 0.6 is 0 Å². The lowest BCUT2D eigenvalue weighted by Crippen LogP contribution is -2.13. The van der Waals surface area contributed by atoms with Crippen molar-refractivity contribution >= 4 is 33.6 Å². The minimum absolute atomic E-state index is 0.0159. The maximum absolute atomic E-state index is 12.6. The number of halogens is 6. The Hall–Kier alpha value is -6.89. The summed E-state index contributed by atoms with van der Waals surface area (Å²) in [7, 11) is 5.40. The molecular formula is C44H43F6N7O6. The minimum atomic E-state index is -4.43. The molecule has 0 bridgehead atoms. The van der Waals surface area contributed by atoms with Crippen LogP contribution in [0.5, 0.6) is 23.0 Å². The number of alkyl halides is 6. The molecule has 332 valence electrons. The predicted octanol–water partition coefficient (Wildman–Crippen LogP) is 9.40. The Morgan fingerprint density at radius 2 is 1.03 bits per heavy atom. The fraction of sp³-hybridized carbons (Fsp3) is 0.295. The second-order valence-electron chi connectivity index (χ2n) is 14.3. The maximum Gasteiger partial charge on any atom is 0.389 e. The number of carbonyl (C=O) groups excluding carboxylic acids is 2. The van der Waals surface area contributed by atoms with Crippen molar-refractivity contribution < 1.29 is 54.9 Å². The summed E-state index contributed by atoms with van der Waals surface area (Å²) in [5.41, 5.74) is 13.5. The highest BCUT2D eigenvalue weighted by atomic mass is 19.4. The lowest BCUT2D eigenvalue weighted by Gasteiger charge is -2.16. The molecule has 7 aromatic rings. The van der Waals surface area contributed by atoms with Gasteiger partial charge in [0, 0.05) is 49.3 Å². The Morgan fingerprint density at radius 3 is 1.41 bits per heavy atom. The van der Waals surface area contributed by atoms with Crippen molar-refractivity contribution in [1.82, 2.24) is 28.9 Å². The number of aromatic nitrogens is 6. The molecule has 2 N–H and O–H groups in total. The Kier molecular flexibility index (Phi) is 13.5. The van der Waals surface area contributed by atoms with E-state index in [1.54, 1.807) is 46.1 Å². The lowest BCUT2D eigenvalue weighted by atomic mass is 10.0. The van der Waals surface area contributed by atoms with E-state index in [1.165, 1.54) is 28.4 Å². The highest BCUT2D eigenvalue weighted by Crippen LogP contribution is 2.37. The van der Waals surface area contributed by atoms with Crippen molar-refractivity contribution in [2.45, 2.75) is 58.4 Å². The van der Waals surface area contributed by atoms with E-state index < -0.39 is 49.6 Å². The van der Waals surface area contributed by atoms with Crippen LogP contribution in [-0.2, 0) is 6.54 Å². The van der Waals surface area contributed by atoms with Crippen LogP contribution in [0.3, 0.4) is 0 Å². The summed E-state index contributed by atoms with van der Waals surface area (Å²) < 4.78 is 102. The number of imidazole rings is 2. The van der Waals surface area contributed by atoms with Crippen LogP contribution in [0.2, 0.25) is 0 Å². The monoisotopic (exact) mass is 879 g/mol. The molecule has 0 amide bonds. The molecule has 0 saturated heterocycles. The Morgan fingerprint density at radius 1 is 0.603 bits per heavy atom. The van der Waals surface area contributed by atoms with E-state index in [4.69, 9.17) is 24.7 Å². The lowest BCUT2D eigenvalue weighted by molar-refractivity contribution is -0.134. The average Bonchev–Trinajstić information content (AvgIpc) is 3.98. The van der Waals surface area contributed by atoms with Crippen molar-refractivity contribution in [2.75, 3.05) is 28.4 Å². The summed E-state index contributed by atoms with van der Waals surface area (Å²) in [6.45, 7) is 4.28. The van der Waals surface area contributed by atoms with Crippen molar-refractivity contribution in [3.63, 3.8) is 0 Å². The fourth-order valence-corrected chi connectivity index (χ4v) is 7.00. The standard InChI is InChI=1S/C24H23F3N4O3.C20H20F3N3O3/c1-14-9-15(2)31(29-14)16-5-6-19-18(10-16)28-13-30(19)17-11-21(33-3)23(22(12-17)34-4)20(32)7-8-24(25,26)27;1-28-17-8-13(26-11-25-14-7-12(10-24)3-4-15(14)26)9-18(29-2)19(17)16(27)5-6-20(21,22)23/h5-6,9-13H,7-8H2,1-4H3;3-4,7-9,11H,5-6,10,24H2,1-2H3. The summed E-state index contributed by atoms with van der Waals surface area (Å²) in [6, 6.07) is 19.6. The van der Waals surface area contributed by atoms with Crippen LogP contribution in [0.1, 0.15) is 63.4 Å². The number of ether oxygens (including phenoxy) is 4. The third-order valence-corrected chi connectivity index (χ3v) is 10.00. The molecule has 0 aliphatic heterocycles. The SMILES string of the molecule is COc1cc(-n2cnc3cc(-n4nc(C)cc4C)ccc32)cc(OC)c1C(=O)CCC(F)(F)F.COc1cc(-n2cnc3cc(CN)ccc32)cc(OC)c1C(=O)CCC(F)(F)F. The maximum atomic E-state index is 12.6. The number of aryl methyl sites for hydroxylation is 2. The summed E-state index contributed by atoms with van der Waals surface area (Å²) in [6.07, 6.45) is -9.45. The summed E-state index contributed by atoms with van der Waals surface area (Å²) >= 11 is 0. The number of fused-ring (bicyclic) bond motifs is 2. The Balaban J connectivity index is 0.000000213. The van der Waals surface area contributed by atoms with Gasteiger partial charge in [-0.2, -0.15) is 31.4 Å². The van der Waals surface area contributed by atoms with Gasteiger partial charge in [-0.15, -0.1) is 0 Å². The van der Waals surface area contributed by atoms with E-state index in [1.807, 2.05) is 61.0 Å². The second-order valence-corrected chi connectivity index (χ2v) is 14.3. The van der Waals surface area contributed by atoms with E-state index >= 15 is 0 Å². The van der Waals surface area contributed by atoms with Crippen molar-refractivity contribution in [2.24, 2.45) is 5.73 Å². The quantitative estimate of drug-likeness (QED) is 0.0827. The van der Waals surface area contributed by atoms with Crippen molar-refractivity contribution in [1.29, 1.82) is 0 Å². The molecule has 4 aromatic carbocycles. The van der Waals surface area contributed by atoms with Crippen LogP contribution in [0.25, 0.3) is 39.1 Å². The first kappa shape index (κ1) is 45.6. The first-order valence-electron chi connectivity index (χ1n) is 19.3. The predicted molar refractivity (Wildman–Crippen MR) is 222 cm³/mol. The second kappa shape index (κ2) is 18.6. The van der Waals surface area contributed by atoms with Gasteiger partial charge < -0.3 is 24.7 Å². The molecule has 0 fully saturated rings. The number of methoxy groups -OCH3 is 4. The number of hydrogen-bond acceptors (Lipinski definition) is 10. The van der Waals surface area contributed by atoms with E-state index in [-0.39, 0.29) is 34.1 Å². The number of hydrogen-bond donors (Lipinski definition) is 1. The highest BCUT2D eigenvalue weighted by Gasteiger charge is 2.31. The third-order valence-electron chi connectivity index (χ3n) is 10.00. The van der Waals surface area contributed by atoms with E-state index in [2.05, 4.69) is 15.1 Å². The van der Waals surface area contributed by atoms with Gasteiger partial charge in [0.15, 0.2) is 11.6 Å². The zero-order valence-electron chi connectivity index (χ0n) is 35.0. The molecule has 0 aliphatic carbocycles. The molecule has 13 nitrogen and oxygen atoms in total. The number of carbonyl (C=O) groups is 2. The normalized spacial score (nSPS) is 11.7. The number of ketones is 2. The van der Waals surface area contributed by atoms with Gasteiger partial charge in [-0.3, -0.25) is 18.7 Å². The van der Waals surface area contributed by atoms with Crippen LogP contribution in [-0.4, -0.2) is 81.2 Å². The van der Waals surface area contributed by atoms with E-state index in [9.17, 15) is 35.9 Å². The molecule has 3 heterocycles. The Labute approximate surface area is 356 Å². The molecule has 0 saturated carbocycles. The smallest absolute Gasteiger partial charge is 0.389 e. The number of nitrogens with zero attached hydrogens (tertiary/aromatic N) is 6. The molecule has 0 radical (unpaired) electrons. The number of Topliss-reactive ketones (excluding diaryl/α,β-unsaturated/α-hetero) is 2. The van der Waals surface area contributed by atoms with Crippen molar-refractivity contribution in [3.05, 3.63) is 107 Å². The molecule has 7 rings (SSSR count). The summed E-state index contributed by atoms with van der Waals surface area (Å²) in [5, 5.41) is 4.50. The molecule has 0 unspecified atom stereocenters. The number of rotatable bonds is 14. The third kappa shape index (κ3) is 10.3. The average molecular weight is 880 g/mol. The summed E-state index contributed by atoms with van der Waals surface area (Å²) in [4.78, 5) is 33.9. The number of nitrogens with two attached hydrogens (primary N) is 1. The van der Waals surface area contributed by atoms with E-state index in [0.29, 0.717) is 23.4 Å². The van der Waals surface area contributed by atoms with Crippen LogP contribution < -0.4 is 24.7 Å². The molecule has 3 aromatic heterocycles. The van der Waals surface area contributed by atoms with Gasteiger partial charge in [-0.25, -0.2) is 14.6 Å². The highest BCUT2D eigenvalue weighted by molar-refractivity contribution is 6.02. The fourth-order valence-electron chi connectivity index (χ4n) is 7.00. The first-order chi connectivity index (χ1) is 29.9. The van der Waals surface area contributed by atoms with Gasteiger partial charge in [-0.1, -0.05) is 6.07 Å². The molecule has 0 spiro atoms.